The van der Waals surface area contributed by atoms with Crippen LogP contribution in [0.15, 0.2) is 11.6 Å². The van der Waals surface area contributed by atoms with Gasteiger partial charge in [-0.05, 0) is 0 Å². The van der Waals surface area contributed by atoms with Crippen LogP contribution in [0.3, 0.4) is 0 Å². The molecule has 0 saturated carbocycles. The van der Waals surface area contributed by atoms with Gasteiger partial charge >= 0.3 is 5.97 Å². The number of hydrogen-bond donors (Lipinski definition) is 5. The number of nitrogens with two attached hydrogens (primary N) is 2. The van der Waals surface area contributed by atoms with Crippen molar-refractivity contribution < 1.29 is 19.5 Å². The molecule has 0 spiro atoms. The zero-order chi connectivity index (χ0) is 11.1. The summed E-state index contributed by atoms with van der Waals surface area (Å²) < 4.78 is 0. The summed E-state index contributed by atoms with van der Waals surface area (Å²) in [5, 5.41) is 8.39. The Balaban J connectivity index is 4.71. The molecule has 0 unspecified atom stereocenters. The Morgan fingerprint density at radius 3 is 2.14 bits per heavy atom. The average molecular weight is 202 g/mol. The first kappa shape index (κ1) is 12.1. The van der Waals surface area contributed by atoms with Crippen LogP contribution < -0.4 is 22.5 Å². The van der Waals surface area contributed by atoms with Crippen LogP contribution in [0.1, 0.15) is 6.42 Å². The summed E-state index contributed by atoms with van der Waals surface area (Å²) in [6.45, 7) is 0. The standard InChI is InChI=1S/C6H10N4O4/c7-9-4(11)1-3(2-5(12)13)6(14)10-8/h1H,2,7-8H2,(H,9,11)(H,10,14)(H,12,13). The molecule has 0 aliphatic heterocycles. The maximum atomic E-state index is 10.9. The third-order valence-electron chi connectivity index (χ3n) is 1.21. The summed E-state index contributed by atoms with van der Waals surface area (Å²) in [7, 11) is 0. The molecule has 0 aromatic heterocycles. The summed E-state index contributed by atoms with van der Waals surface area (Å²) in [6, 6.07) is 0. The molecule has 0 aromatic rings. The summed E-state index contributed by atoms with van der Waals surface area (Å²) in [5.41, 5.74) is 3.14. The number of carboxylic acids is 1. The largest absolute Gasteiger partial charge is 0.481 e. The van der Waals surface area contributed by atoms with Crippen molar-refractivity contribution in [3.63, 3.8) is 0 Å². The molecule has 0 fully saturated rings. The van der Waals surface area contributed by atoms with Crippen molar-refractivity contribution in [1.82, 2.24) is 10.9 Å². The summed E-state index contributed by atoms with van der Waals surface area (Å²) in [4.78, 5) is 31.9. The first-order valence-electron chi connectivity index (χ1n) is 3.45. The SMILES string of the molecule is NNC(=O)C=C(CC(=O)O)C(=O)NN. The molecule has 0 aliphatic carbocycles. The molecule has 7 N–H and O–H groups in total. The molecular formula is C6H10N4O4. The summed E-state index contributed by atoms with van der Waals surface area (Å²) >= 11 is 0. The molecule has 0 saturated heterocycles. The van der Waals surface area contributed by atoms with Crippen LogP contribution in [0.4, 0.5) is 0 Å². The Bertz CT molecular complexity index is 286. The predicted octanol–water partition coefficient (Wildman–Crippen LogP) is -2.63. The molecule has 0 heterocycles. The third kappa shape index (κ3) is 4.18. The van der Waals surface area contributed by atoms with Crippen molar-refractivity contribution in [3.05, 3.63) is 11.6 Å². The molecule has 2 amide bonds. The van der Waals surface area contributed by atoms with E-state index in [1.165, 1.54) is 0 Å². The van der Waals surface area contributed by atoms with E-state index >= 15 is 0 Å². The van der Waals surface area contributed by atoms with Gasteiger partial charge in [-0.25, -0.2) is 11.7 Å². The average Bonchev–Trinajstić information content (AvgIpc) is 2.14. The van der Waals surface area contributed by atoms with Crippen LogP contribution >= 0.6 is 0 Å². The highest BCUT2D eigenvalue weighted by Crippen LogP contribution is 2.00. The zero-order valence-electron chi connectivity index (χ0n) is 7.11. The van der Waals surface area contributed by atoms with Crippen molar-refractivity contribution in [2.45, 2.75) is 6.42 Å². The molecule has 0 atom stereocenters. The van der Waals surface area contributed by atoms with Gasteiger partial charge in [0.2, 0.25) is 0 Å². The van der Waals surface area contributed by atoms with Crippen molar-refractivity contribution in [3.8, 4) is 0 Å². The van der Waals surface area contributed by atoms with E-state index in [9.17, 15) is 14.4 Å². The number of rotatable bonds is 4. The van der Waals surface area contributed by atoms with Gasteiger partial charge in [0, 0.05) is 11.6 Å². The van der Waals surface area contributed by atoms with E-state index in [-0.39, 0.29) is 5.57 Å². The Labute approximate surface area is 78.9 Å². The third-order valence-corrected chi connectivity index (χ3v) is 1.21. The smallest absolute Gasteiger partial charge is 0.308 e. The fraction of sp³-hybridized carbons (Fsp3) is 0.167. The molecular weight excluding hydrogens is 192 g/mol. The number of carbonyl (C=O) groups is 3. The fourth-order valence-corrected chi connectivity index (χ4v) is 0.652. The fourth-order valence-electron chi connectivity index (χ4n) is 0.652. The van der Waals surface area contributed by atoms with E-state index in [4.69, 9.17) is 16.8 Å². The lowest BCUT2D eigenvalue weighted by Crippen LogP contribution is -2.34. The van der Waals surface area contributed by atoms with Gasteiger partial charge in [0.25, 0.3) is 11.8 Å². The maximum absolute atomic E-state index is 10.9. The lowest BCUT2D eigenvalue weighted by Gasteiger charge is -2.02. The van der Waals surface area contributed by atoms with Crippen molar-refractivity contribution in [1.29, 1.82) is 0 Å². The second-order valence-corrected chi connectivity index (χ2v) is 2.22. The van der Waals surface area contributed by atoms with E-state index in [0.717, 1.165) is 6.08 Å². The van der Waals surface area contributed by atoms with Gasteiger partial charge in [-0.15, -0.1) is 0 Å². The van der Waals surface area contributed by atoms with E-state index in [1.54, 1.807) is 10.9 Å². The zero-order valence-corrected chi connectivity index (χ0v) is 7.11. The Hall–Kier alpha value is -1.93. The molecule has 8 nitrogen and oxygen atoms in total. The minimum Gasteiger partial charge on any atom is -0.481 e. The minimum atomic E-state index is -1.26. The Kier molecular flexibility index (Phi) is 4.89. The molecule has 78 valence electrons. The number of nitrogens with one attached hydrogen (secondary N) is 2. The highest BCUT2D eigenvalue weighted by Gasteiger charge is 2.13. The van der Waals surface area contributed by atoms with E-state index < -0.39 is 24.2 Å². The van der Waals surface area contributed by atoms with Gasteiger partial charge in [-0.1, -0.05) is 0 Å². The molecule has 0 aromatic carbocycles. The van der Waals surface area contributed by atoms with E-state index in [2.05, 4.69) is 0 Å². The van der Waals surface area contributed by atoms with Crippen LogP contribution in [0.2, 0.25) is 0 Å². The van der Waals surface area contributed by atoms with E-state index in [1.807, 2.05) is 0 Å². The molecule has 8 heteroatoms. The molecule has 0 rings (SSSR count). The van der Waals surface area contributed by atoms with Gasteiger partial charge in [0.05, 0.1) is 6.42 Å². The number of aliphatic carboxylic acids is 1. The van der Waals surface area contributed by atoms with Gasteiger partial charge in [-0.3, -0.25) is 25.2 Å². The summed E-state index contributed by atoms with van der Waals surface area (Å²) in [6.07, 6.45) is 0.146. The monoisotopic (exact) mass is 202 g/mol. The second-order valence-electron chi connectivity index (χ2n) is 2.22. The molecule has 0 bridgehead atoms. The van der Waals surface area contributed by atoms with Gasteiger partial charge in [-0.2, -0.15) is 0 Å². The maximum Gasteiger partial charge on any atom is 0.308 e. The minimum absolute atomic E-state index is 0.289. The van der Waals surface area contributed by atoms with Crippen molar-refractivity contribution >= 4 is 17.8 Å². The molecule has 0 radical (unpaired) electrons. The van der Waals surface area contributed by atoms with Crippen LogP contribution in [0, 0.1) is 0 Å². The van der Waals surface area contributed by atoms with Crippen LogP contribution in [-0.4, -0.2) is 22.9 Å². The number of hydrogen-bond acceptors (Lipinski definition) is 5. The number of carboxylic acid groups (broad SMARTS) is 1. The van der Waals surface area contributed by atoms with Crippen molar-refractivity contribution in [2.75, 3.05) is 0 Å². The highest BCUT2D eigenvalue weighted by molar-refractivity contribution is 6.03. The first-order valence-corrected chi connectivity index (χ1v) is 3.45. The van der Waals surface area contributed by atoms with Gasteiger partial charge < -0.3 is 5.11 Å². The van der Waals surface area contributed by atoms with Crippen LogP contribution in [0.25, 0.3) is 0 Å². The molecule has 14 heavy (non-hydrogen) atoms. The van der Waals surface area contributed by atoms with Crippen LogP contribution in [-0.2, 0) is 14.4 Å². The van der Waals surface area contributed by atoms with Gasteiger partial charge in [0.1, 0.15) is 0 Å². The number of hydrazine groups is 2. The first-order chi connectivity index (χ1) is 6.51. The molecule has 0 aliphatic rings. The van der Waals surface area contributed by atoms with Gasteiger partial charge in [0.15, 0.2) is 0 Å². The quantitative estimate of drug-likeness (QED) is 0.146. The lowest BCUT2D eigenvalue weighted by atomic mass is 10.1. The van der Waals surface area contributed by atoms with Crippen LogP contribution in [0.5, 0.6) is 0 Å². The number of carbonyl (C=O) groups excluding carboxylic acids is 2. The highest BCUT2D eigenvalue weighted by atomic mass is 16.4. The lowest BCUT2D eigenvalue weighted by molar-refractivity contribution is -0.137. The number of amides is 2. The van der Waals surface area contributed by atoms with Crippen molar-refractivity contribution in [2.24, 2.45) is 11.7 Å². The predicted molar refractivity (Wildman–Crippen MR) is 45.0 cm³/mol. The Morgan fingerprint density at radius 2 is 1.79 bits per heavy atom. The second kappa shape index (κ2) is 5.67. The van der Waals surface area contributed by atoms with E-state index in [0.29, 0.717) is 0 Å². The Morgan fingerprint density at radius 1 is 1.21 bits per heavy atom. The normalized spacial score (nSPS) is 10.6. The topological polar surface area (TPSA) is 148 Å². The summed E-state index contributed by atoms with van der Waals surface area (Å²) in [5.74, 6) is 6.61.